The van der Waals surface area contributed by atoms with E-state index in [0.29, 0.717) is 0 Å². The van der Waals surface area contributed by atoms with E-state index in [2.05, 4.69) is 20.6 Å². The Bertz CT molecular complexity index is 1290. The summed E-state index contributed by atoms with van der Waals surface area (Å²) in [6.45, 7) is 1.39. The summed E-state index contributed by atoms with van der Waals surface area (Å²) in [6, 6.07) is 2.98. The van der Waals surface area contributed by atoms with Crippen molar-refractivity contribution >= 4 is 28.7 Å². The van der Waals surface area contributed by atoms with Crippen LogP contribution in [0, 0.1) is 0 Å². The third-order valence-electron chi connectivity index (χ3n) is 4.40. The van der Waals surface area contributed by atoms with E-state index in [-0.39, 0.29) is 22.5 Å². The van der Waals surface area contributed by atoms with E-state index in [9.17, 15) is 29.4 Å². The van der Waals surface area contributed by atoms with Gasteiger partial charge in [0.2, 0.25) is 5.91 Å². The predicted molar refractivity (Wildman–Crippen MR) is 105 cm³/mol. The van der Waals surface area contributed by atoms with Crippen LogP contribution in [0.15, 0.2) is 34.0 Å². The standard InChI is InChI=1S/C18H18N6O6/c1-8(15(27)22-9-5-4-6-11(25)13(9)26)20-16(28)10-7-19-14-12(21-10)17(29)24(3)18(30)23(14)2/h4-8,25-26H,1-3H3,(H,20,28)(H,22,27)/t8-/m0/s1. The number of carbonyl (C=O) groups is 2. The van der Waals surface area contributed by atoms with Gasteiger partial charge in [-0.1, -0.05) is 6.07 Å². The molecule has 0 fully saturated rings. The van der Waals surface area contributed by atoms with Crippen molar-refractivity contribution in [3.8, 4) is 11.5 Å². The second-order valence-electron chi connectivity index (χ2n) is 6.49. The van der Waals surface area contributed by atoms with Gasteiger partial charge in [-0.3, -0.25) is 23.5 Å². The Labute approximate surface area is 168 Å². The Kier molecular flexibility index (Phi) is 5.24. The van der Waals surface area contributed by atoms with E-state index in [1.54, 1.807) is 0 Å². The van der Waals surface area contributed by atoms with Crippen molar-refractivity contribution in [3.63, 3.8) is 0 Å². The fourth-order valence-corrected chi connectivity index (χ4v) is 2.65. The van der Waals surface area contributed by atoms with Gasteiger partial charge in [-0.25, -0.2) is 14.8 Å². The fraction of sp³-hybridized carbons (Fsp3) is 0.222. The Hall–Kier alpha value is -4.22. The lowest BCUT2D eigenvalue weighted by Crippen LogP contribution is -2.42. The molecule has 0 spiro atoms. The van der Waals surface area contributed by atoms with Gasteiger partial charge < -0.3 is 20.8 Å². The highest BCUT2D eigenvalue weighted by atomic mass is 16.3. The lowest BCUT2D eigenvalue weighted by atomic mass is 10.2. The SMILES string of the molecule is C[C@H](NC(=O)c1cnc2c(n1)c(=O)n(C)c(=O)n2C)C(=O)Nc1cccc(O)c1O. The maximum absolute atomic E-state index is 12.5. The summed E-state index contributed by atoms with van der Waals surface area (Å²) in [5, 5.41) is 24.0. The zero-order chi connectivity index (χ0) is 22.2. The number of phenols is 2. The maximum Gasteiger partial charge on any atom is 0.332 e. The summed E-state index contributed by atoms with van der Waals surface area (Å²) in [4.78, 5) is 56.9. The second-order valence-corrected chi connectivity index (χ2v) is 6.49. The molecule has 2 amide bonds. The number of aromatic nitrogens is 4. The van der Waals surface area contributed by atoms with E-state index in [1.165, 1.54) is 39.2 Å². The smallest absolute Gasteiger partial charge is 0.332 e. The third kappa shape index (κ3) is 3.57. The number of benzene rings is 1. The van der Waals surface area contributed by atoms with E-state index in [4.69, 9.17) is 0 Å². The number of hydrogen-bond acceptors (Lipinski definition) is 8. The van der Waals surface area contributed by atoms with Crippen LogP contribution in [0.3, 0.4) is 0 Å². The van der Waals surface area contributed by atoms with E-state index < -0.39 is 40.6 Å². The van der Waals surface area contributed by atoms with Gasteiger partial charge in [0.15, 0.2) is 22.7 Å². The minimum atomic E-state index is -1.06. The van der Waals surface area contributed by atoms with E-state index in [1.807, 2.05) is 0 Å². The molecule has 2 heterocycles. The number of phenolic OH excluding ortho intramolecular Hbond substituents is 2. The molecule has 0 aliphatic rings. The Morgan fingerprint density at radius 3 is 2.53 bits per heavy atom. The van der Waals surface area contributed by atoms with Gasteiger partial charge in [-0.05, 0) is 19.1 Å². The van der Waals surface area contributed by atoms with Crippen LogP contribution in [-0.4, -0.2) is 47.2 Å². The number of nitrogens with zero attached hydrogens (tertiary/aromatic N) is 4. The largest absolute Gasteiger partial charge is 0.504 e. The number of nitrogens with one attached hydrogen (secondary N) is 2. The zero-order valence-corrected chi connectivity index (χ0v) is 16.2. The van der Waals surface area contributed by atoms with Crippen molar-refractivity contribution in [3.05, 3.63) is 50.9 Å². The molecular weight excluding hydrogens is 396 g/mol. The summed E-state index contributed by atoms with van der Waals surface area (Å²) in [5.41, 5.74) is -1.70. The van der Waals surface area contributed by atoms with Crippen LogP contribution in [0.1, 0.15) is 17.4 Å². The van der Waals surface area contributed by atoms with Crippen LogP contribution in [0.2, 0.25) is 0 Å². The molecule has 2 aromatic heterocycles. The predicted octanol–water partition coefficient (Wildman–Crippen LogP) is -0.805. The van der Waals surface area contributed by atoms with E-state index >= 15 is 0 Å². The zero-order valence-electron chi connectivity index (χ0n) is 16.2. The molecule has 0 aliphatic heterocycles. The van der Waals surface area contributed by atoms with Crippen molar-refractivity contribution in [1.29, 1.82) is 0 Å². The highest BCUT2D eigenvalue weighted by molar-refractivity contribution is 6.01. The Morgan fingerprint density at radius 1 is 1.13 bits per heavy atom. The topological polar surface area (TPSA) is 168 Å². The monoisotopic (exact) mass is 414 g/mol. The number of rotatable bonds is 4. The molecule has 0 aliphatic carbocycles. The number of aromatic hydroxyl groups is 2. The summed E-state index contributed by atoms with van der Waals surface area (Å²) < 4.78 is 1.97. The number of para-hydroxylation sites is 1. The summed E-state index contributed by atoms with van der Waals surface area (Å²) >= 11 is 0. The van der Waals surface area contributed by atoms with Gasteiger partial charge >= 0.3 is 5.69 Å². The molecule has 156 valence electrons. The molecule has 4 N–H and O–H groups in total. The maximum atomic E-state index is 12.5. The van der Waals surface area contributed by atoms with E-state index in [0.717, 1.165) is 15.3 Å². The van der Waals surface area contributed by atoms with Crippen LogP contribution < -0.4 is 21.9 Å². The fourth-order valence-electron chi connectivity index (χ4n) is 2.65. The van der Waals surface area contributed by atoms with Crippen LogP contribution in [0.25, 0.3) is 11.2 Å². The number of amides is 2. The van der Waals surface area contributed by atoms with Gasteiger partial charge in [0.25, 0.3) is 11.5 Å². The molecule has 0 saturated carbocycles. The molecular formula is C18H18N6O6. The van der Waals surface area contributed by atoms with Crippen molar-refractivity contribution < 1.29 is 19.8 Å². The molecule has 3 aromatic rings. The number of carbonyl (C=O) groups excluding carboxylic acids is 2. The van der Waals surface area contributed by atoms with Gasteiger partial charge in [-0.2, -0.15) is 0 Å². The molecule has 1 atom stereocenters. The lowest BCUT2D eigenvalue weighted by molar-refractivity contribution is -0.117. The lowest BCUT2D eigenvalue weighted by Gasteiger charge is -2.15. The third-order valence-corrected chi connectivity index (χ3v) is 4.40. The normalized spacial score (nSPS) is 11.8. The first-order valence-electron chi connectivity index (χ1n) is 8.67. The highest BCUT2D eigenvalue weighted by Crippen LogP contribution is 2.32. The van der Waals surface area contributed by atoms with Gasteiger partial charge in [0.1, 0.15) is 11.7 Å². The molecule has 12 heteroatoms. The quantitative estimate of drug-likeness (QED) is 0.402. The summed E-state index contributed by atoms with van der Waals surface area (Å²) in [6.07, 6.45) is 1.09. The molecule has 0 radical (unpaired) electrons. The molecule has 0 unspecified atom stereocenters. The van der Waals surface area contributed by atoms with Crippen molar-refractivity contribution in [2.75, 3.05) is 5.32 Å². The van der Waals surface area contributed by atoms with Crippen molar-refractivity contribution in [2.24, 2.45) is 14.1 Å². The number of anilines is 1. The molecule has 0 saturated heterocycles. The first-order valence-corrected chi connectivity index (χ1v) is 8.67. The van der Waals surface area contributed by atoms with Crippen LogP contribution in [0.4, 0.5) is 5.69 Å². The first-order chi connectivity index (χ1) is 14.1. The second kappa shape index (κ2) is 7.66. The molecule has 12 nitrogen and oxygen atoms in total. The van der Waals surface area contributed by atoms with Crippen LogP contribution in [0.5, 0.6) is 11.5 Å². The molecule has 0 bridgehead atoms. The summed E-state index contributed by atoms with van der Waals surface area (Å²) in [7, 11) is 2.70. The van der Waals surface area contributed by atoms with Crippen LogP contribution in [-0.2, 0) is 18.9 Å². The number of hydrogen-bond donors (Lipinski definition) is 4. The average Bonchev–Trinajstić information content (AvgIpc) is 2.73. The van der Waals surface area contributed by atoms with Gasteiger partial charge in [-0.15, -0.1) is 0 Å². The Morgan fingerprint density at radius 2 is 1.83 bits per heavy atom. The van der Waals surface area contributed by atoms with Gasteiger partial charge in [0.05, 0.1) is 11.9 Å². The van der Waals surface area contributed by atoms with Crippen molar-refractivity contribution in [1.82, 2.24) is 24.4 Å². The summed E-state index contributed by atoms with van der Waals surface area (Å²) in [5.74, 6) is -2.36. The molecule has 3 rings (SSSR count). The molecule has 30 heavy (non-hydrogen) atoms. The average molecular weight is 414 g/mol. The minimum absolute atomic E-state index is 0.0183. The molecule has 1 aromatic carbocycles. The Balaban J connectivity index is 1.82. The first kappa shape index (κ1) is 20.5. The highest BCUT2D eigenvalue weighted by Gasteiger charge is 2.21. The van der Waals surface area contributed by atoms with Crippen LogP contribution >= 0.6 is 0 Å². The number of fused-ring (bicyclic) bond motifs is 1. The number of aryl methyl sites for hydroxylation is 1. The van der Waals surface area contributed by atoms with Crippen molar-refractivity contribution in [2.45, 2.75) is 13.0 Å². The van der Waals surface area contributed by atoms with Gasteiger partial charge in [0, 0.05) is 14.1 Å². The minimum Gasteiger partial charge on any atom is -0.504 e.